The molecule has 0 radical (unpaired) electrons. The second kappa shape index (κ2) is 5.65. The maximum atomic E-state index is 11.7. The molecule has 0 aromatic carbocycles. The summed E-state index contributed by atoms with van der Waals surface area (Å²) in [5.74, 6) is -0.129. The van der Waals surface area contributed by atoms with Crippen LogP contribution in [0.5, 0.6) is 0 Å². The lowest BCUT2D eigenvalue weighted by atomic mass is 10.1. The zero-order valence-electron chi connectivity index (χ0n) is 11.6. The van der Waals surface area contributed by atoms with Gasteiger partial charge in [0.15, 0.2) is 5.78 Å². The standard InChI is InChI=1S/C14H18N2O3/c1-6-11-12(7-10(8-15-11)9(2)17)16-13(18)19-14(3,4)5/h6-8H,1H2,2-5H3,(H,16,18). The SMILES string of the molecule is C=Cc1ncc(C(C)=O)cc1NC(=O)OC(C)(C)C. The van der Waals surface area contributed by atoms with E-state index in [1.807, 2.05) is 0 Å². The average Bonchev–Trinajstić information content (AvgIpc) is 2.26. The van der Waals surface area contributed by atoms with Gasteiger partial charge in [0.2, 0.25) is 0 Å². The van der Waals surface area contributed by atoms with Gasteiger partial charge in [-0.05, 0) is 39.8 Å². The van der Waals surface area contributed by atoms with Gasteiger partial charge in [-0.1, -0.05) is 6.58 Å². The van der Waals surface area contributed by atoms with Gasteiger partial charge >= 0.3 is 6.09 Å². The van der Waals surface area contributed by atoms with Crippen LogP contribution < -0.4 is 5.32 Å². The molecule has 0 aliphatic carbocycles. The Morgan fingerprint density at radius 2 is 2.05 bits per heavy atom. The van der Waals surface area contributed by atoms with Gasteiger partial charge in [-0.15, -0.1) is 0 Å². The summed E-state index contributed by atoms with van der Waals surface area (Å²) in [5.41, 5.74) is 0.703. The third-order valence-electron chi connectivity index (χ3n) is 2.15. The van der Waals surface area contributed by atoms with Crippen molar-refractivity contribution in [2.75, 3.05) is 5.32 Å². The van der Waals surface area contributed by atoms with Crippen LogP contribution in [0, 0.1) is 0 Å². The van der Waals surface area contributed by atoms with Gasteiger partial charge in [-0.2, -0.15) is 0 Å². The van der Waals surface area contributed by atoms with Crippen molar-refractivity contribution in [3.63, 3.8) is 0 Å². The molecule has 102 valence electrons. The van der Waals surface area contributed by atoms with Crippen LogP contribution in [0.2, 0.25) is 0 Å². The fourth-order valence-electron chi connectivity index (χ4n) is 1.34. The molecule has 0 saturated carbocycles. The number of pyridine rings is 1. The van der Waals surface area contributed by atoms with E-state index in [9.17, 15) is 9.59 Å². The number of ketones is 1. The van der Waals surface area contributed by atoms with Crippen molar-refractivity contribution in [2.45, 2.75) is 33.3 Å². The molecule has 1 heterocycles. The Morgan fingerprint density at radius 1 is 1.42 bits per heavy atom. The van der Waals surface area contributed by atoms with E-state index in [4.69, 9.17) is 4.74 Å². The fourth-order valence-corrected chi connectivity index (χ4v) is 1.34. The minimum atomic E-state index is -0.599. The molecule has 0 aliphatic heterocycles. The molecular formula is C14H18N2O3. The summed E-state index contributed by atoms with van der Waals surface area (Å²) in [5, 5.41) is 2.57. The molecule has 0 atom stereocenters. The molecule has 0 bridgehead atoms. The number of aromatic nitrogens is 1. The molecule has 1 aromatic heterocycles. The van der Waals surface area contributed by atoms with Crippen molar-refractivity contribution in [1.29, 1.82) is 0 Å². The summed E-state index contributed by atoms with van der Waals surface area (Å²) in [4.78, 5) is 27.1. The first kappa shape index (κ1) is 14.9. The number of hydrogen-bond donors (Lipinski definition) is 1. The largest absolute Gasteiger partial charge is 0.444 e. The second-order valence-electron chi connectivity index (χ2n) is 5.04. The number of nitrogens with one attached hydrogen (secondary N) is 1. The highest BCUT2D eigenvalue weighted by molar-refractivity contribution is 5.96. The summed E-state index contributed by atoms with van der Waals surface area (Å²) in [6.45, 7) is 10.3. The highest BCUT2D eigenvalue weighted by atomic mass is 16.6. The van der Waals surface area contributed by atoms with Gasteiger partial charge in [0, 0.05) is 11.8 Å². The van der Waals surface area contributed by atoms with E-state index in [1.54, 1.807) is 26.8 Å². The minimum absolute atomic E-state index is 0.129. The van der Waals surface area contributed by atoms with Crippen molar-refractivity contribution in [1.82, 2.24) is 4.98 Å². The molecule has 1 aromatic rings. The van der Waals surface area contributed by atoms with E-state index in [2.05, 4.69) is 16.9 Å². The maximum absolute atomic E-state index is 11.7. The van der Waals surface area contributed by atoms with Crippen molar-refractivity contribution >= 4 is 23.6 Å². The van der Waals surface area contributed by atoms with Crippen LogP contribution in [-0.4, -0.2) is 22.5 Å². The minimum Gasteiger partial charge on any atom is -0.444 e. The number of ether oxygens (including phenoxy) is 1. The highest BCUT2D eigenvalue weighted by Crippen LogP contribution is 2.18. The first-order valence-corrected chi connectivity index (χ1v) is 5.86. The van der Waals surface area contributed by atoms with Gasteiger partial charge in [0.05, 0.1) is 11.4 Å². The van der Waals surface area contributed by atoms with Crippen LogP contribution in [0.1, 0.15) is 43.7 Å². The Balaban J connectivity index is 2.98. The van der Waals surface area contributed by atoms with E-state index in [1.165, 1.54) is 19.2 Å². The van der Waals surface area contributed by atoms with Crippen LogP contribution in [0.25, 0.3) is 6.08 Å². The molecule has 0 aliphatic rings. The Bertz CT molecular complexity index is 516. The molecule has 1 amide bonds. The molecule has 5 heteroatoms. The molecular weight excluding hydrogens is 244 g/mol. The van der Waals surface area contributed by atoms with E-state index < -0.39 is 11.7 Å². The Kier molecular flexibility index (Phi) is 4.43. The molecule has 0 fully saturated rings. The molecule has 0 unspecified atom stereocenters. The molecule has 1 N–H and O–H groups in total. The number of amides is 1. The smallest absolute Gasteiger partial charge is 0.412 e. The van der Waals surface area contributed by atoms with Gasteiger partial charge in [0.25, 0.3) is 0 Å². The van der Waals surface area contributed by atoms with Crippen molar-refractivity contribution in [2.24, 2.45) is 0 Å². The number of anilines is 1. The monoisotopic (exact) mass is 262 g/mol. The molecule has 0 saturated heterocycles. The van der Waals surface area contributed by atoms with Gasteiger partial charge in [0.1, 0.15) is 5.60 Å². The van der Waals surface area contributed by atoms with Crippen LogP contribution in [0.4, 0.5) is 10.5 Å². The van der Waals surface area contributed by atoms with Crippen LogP contribution in [-0.2, 0) is 4.74 Å². The van der Waals surface area contributed by atoms with Gasteiger partial charge in [-0.3, -0.25) is 15.1 Å². The summed E-state index contributed by atoms with van der Waals surface area (Å²) in [6.07, 6.45) is 2.34. The highest BCUT2D eigenvalue weighted by Gasteiger charge is 2.17. The molecule has 0 spiro atoms. The van der Waals surface area contributed by atoms with Crippen molar-refractivity contribution in [3.05, 3.63) is 30.1 Å². The Morgan fingerprint density at radius 3 is 2.53 bits per heavy atom. The number of nitrogens with zero attached hydrogens (tertiary/aromatic N) is 1. The fraction of sp³-hybridized carbons (Fsp3) is 0.357. The topological polar surface area (TPSA) is 68.3 Å². The van der Waals surface area contributed by atoms with Crippen molar-refractivity contribution < 1.29 is 14.3 Å². The molecule has 19 heavy (non-hydrogen) atoms. The second-order valence-corrected chi connectivity index (χ2v) is 5.04. The lowest BCUT2D eigenvalue weighted by Gasteiger charge is -2.20. The van der Waals surface area contributed by atoms with Gasteiger partial charge < -0.3 is 4.74 Å². The first-order chi connectivity index (χ1) is 8.73. The van der Waals surface area contributed by atoms with E-state index in [0.717, 1.165) is 0 Å². The third kappa shape index (κ3) is 4.54. The lowest BCUT2D eigenvalue weighted by molar-refractivity contribution is 0.0635. The van der Waals surface area contributed by atoms with Crippen LogP contribution in [0.3, 0.4) is 0 Å². The predicted octanol–water partition coefficient (Wildman–Crippen LogP) is 3.27. The first-order valence-electron chi connectivity index (χ1n) is 5.86. The average molecular weight is 262 g/mol. The number of carbonyl (C=O) groups excluding carboxylic acids is 2. The Labute approximate surface area is 112 Å². The van der Waals surface area contributed by atoms with Crippen molar-refractivity contribution in [3.8, 4) is 0 Å². The number of hydrogen-bond acceptors (Lipinski definition) is 4. The van der Waals surface area contributed by atoms with Gasteiger partial charge in [-0.25, -0.2) is 4.79 Å². The summed E-state index contributed by atoms with van der Waals surface area (Å²) in [6, 6.07) is 1.55. The van der Waals surface area contributed by atoms with E-state index in [0.29, 0.717) is 16.9 Å². The van der Waals surface area contributed by atoms with E-state index >= 15 is 0 Å². The zero-order chi connectivity index (χ0) is 14.6. The summed E-state index contributed by atoms with van der Waals surface area (Å²) in [7, 11) is 0. The van der Waals surface area contributed by atoms with Crippen LogP contribution >= 0.6 is 0 Å². The number of rotatable bonds is 3. The number of Topliss-reactive ketones (excluding diaryl/α,β-unsaturated/α-hetero) is 1. The Hall–Kier alpha value is -2.17. The quantitative estimate of drug-likeness (QED) is 0.849. The summed E-state index contributed by atoms with van der Waals surface area (Å²) >= 11 is 0. The summed E-state index contributed by atoms with van der Waals surface area (Å²) < 4.78 is 5.14. The predicted molar refractivity (Wildman–Crippen MR) is 74.2 cm³/mol. The lowest BCUT2D eigenvalue weighted by Crippen LogP contribution is -2.27. The van der Waals surface area contributed by atoms with E-state index in [-0.39, 0.29) is 5.78 Å². The molecule has 5 nitrogen and oxygen atoms in total. The van der Waals surface area contributed by atoms with Crippen LogP contribution in [0.15, 0.2) is 18.8 Å². The maximum Gasteiger partial charge on any atom is 0.412 e. The molecule has 1 rings (SSSR count). The number of carbonyl (C=O) groups is 2. The normalized spacial score (nSPS) is 10.7. The zero-order valence-corrected chi connectivity index (χ0v) is 11.6. The third-order valence-corrected chi connectivity index (χ3v) is 2.15.